The van der Waals surface area contributed by atoms with E-state index in [1.165, 1.54) is 19.3 Å². The molecule has 1 saturated heterocycles. The van der Waals surface area contributed by atoms with Crippen LogP contribution in [0, 0.1) is 11.8 Å². The Labute approximate surface area is 78.5 Å². The Morgan fingerprint density at radius 3 is 2.77 bits per heavy atom. The molecule has 0 amide bonds. The fourth-order valence-corrected chi connectivity index (χ4v) is 2.84. The molecule has 0 aromatic carbocycles. The molecule has 2 rings (SSSR count). The van der Waals surface area contributed by atoms with Crippen LogP contribution in [0.4, 0.5) is 0 Å². The monoisotopic (exact) mass is 183 g/mol. The van der Waals surface area contributed by atoms with E-state index in [-0.39, 0.29) is 5.92 Å². The molecular weight excluding hydrogens is 166 g/mol. The van der Waals surface area contributed by atoms with Gasteiger partial charge in [-0.05, 0) is 31.7 Å². The number of carbonyl (C=O) groups is 1. The summed E-state index contributed by atoms with van der Waals surface area (Å²) in [7, 11) is 0. The summed E-state index contributed by atoms with van der Waals surface area (Å²) in [4.78, 5) is 11.0. The number of rotatable bonds is 1. The third kappa shape index (κ3) is 1.70. The maximum Gasteiger partial charge on any atom is 0.306 e. The number of hydrogen-bond acceptors (Lipinski definition) is 2. The quantitative estimate of drug-likeness (QED) is 0.643. The van der Waals surface area contributed by atoms with Crippen molar-refractivity contribution in [2.75, 3.05) is 6.54 Å². The van der Waals surface area contributed by atoms with Crippen LogP contribution in [0.1, 0.15) is 32.1 Å². The fraction of sp³-hybridized carbons (Fsp3) is 0.900. The SMILES string of the molecule is O=C(O)C1CCNC2CCCCC21. The number of hydrogen-bond donors (Lipinski definition) is 2. The first-order valence-electron chi connectivity index (χ1n) is 5.25. The van der Waals surface area contributed by atoms with E-state index in [1.54, 1.807) is 0 Å². The van der Waals surface area contributed by atoms with Crippen molar-refractivity contribution in [3.63, 3.8) is 0 Å². The summed E-state index contributed by atoms with van der Waals surface area (Å²) in [6, 6.07) is 0.489. The Bertz CT molecular complexity index is 203. The Kier molecular flexibility index (Phi) is 2.54. The molecule has 3 unspecified atom stereocenters. The molecule has 2 aliphatic rings. The van der Waals surface area contributed by atoms with Gasteiger partial charge in [0.05, 0.1) is 5.92 Å². The van der Waals surface area contributed by atoms with Crippen molar-refractivity contribution in [2.45, 2.75) is 38.1 Å². The van der Waals surface area contributed by atoms with Crippen molar-refractivity contribution < 1.29 is 9.90 Å². The van der Waals surface area contributed by atoms with Gasteiger partial charge in [-0.25, -0.2) is 0 Å². The van der Waals surface area contributed by atoms with Crippen molar-refractivity contribution in [2.24, 2.45) is 11.8 Å². The summed E-state index contributed by atoms with van der Waals surface area (Å²) in [5, 5.41) is 12.5. The molecule has 1 aliphatic carbocycles. The molecule has 13 heavy (non-hydrogen) atoms. The van der Waals surface area contributed by atoms with Crippen LogP contribution in [-0.4, -0.2) is 23.7 Å². The fourth-order valence-electron chi connectivity index (χ4n) is 2.84. The van der Waals surface area contributed by atoms with Crippen LogP contribution in [0.2, 0.25) is 0 Å². The van der Waals surface area contributed by atoms with Crippen molar-refractivity contribution >= 4 is 5.97 Å². The number of nitrogens with one attached hydrogen (secondary N) is 1. The second-order valence-corrected chi connectivity index (χ2v) is 4.24. The molecule has 1 heterocycles. The lowest BCUT2D eigenvalue weighted by atomic mass is 9.73. The molecular formula is C10H17NO2. The first kappa shape index (κ1) is 9.00. The van der Waals surface area contributed by atoms with E-state index < -0.39 is 5.97 Å². The highest BCUT2D eigenvalue weighted by atomic mass is 16.4. The largest absolute Gasteiger partial charge is 0.481 e. The standard InChI is InChI=1S/C10H17NO2/c12-10(13)8-5-6-11-9-4-2-1-3-7(8)9/h7-9,11H,1-6H2,(H,12,13). The van der Waals surface area contributed by atoms with E-state index in [2.05, 4.69) is 5.32 Å². The Morgan fingerprint density at radius 1 is 1.23 bits per heavy atom. The highest BCUT2D eigenvalue weighted by Gasteiger charge is 2.38. The predicted molar refractivity (Wildman–Crippen MR) is 49.5 cm³/mol. The van der Waals surface area contributed by atoms with Gasteiger partial charge in [-0.2, -0.15) is 0 Å². The predicted octanol–water partition coefficient (Wildman–Crippen LogP) is 1.24. The molecule has 2 fully saturated rings. The summed E-state index contributed by atoms with van der Waals surface area (Å²) in [6.45, 7) is 0.887. The number of carboxylic acid groups (broad SMARTS) is 1. The summed E-state index contributed by atoms with van der Waals surface area (Å²) in [5.74, 6) is -0.259. The van der Waals surface area contributed by atoms with Gasteiger partial charge < -0.3 is 10.4 Å². The van der Waals surface area contributed by atoms with E-state index in [1.807, 2.05) is 0 Å². The molecule has 0 radical (unpaired) electrons. The lowest BCUT2D eigenvalue weighted by molar-refractivity contribution is -0.145. The minimum atomic E-state index is -0.585. The average Bonchev–Trinajstić information content (AvgIpc) is 2.17. The average molecular weight is 183 g/mol. The number of piperidine rings is 1. The van der Waals surface area contributed by atoms with Crippen LogP contribution in [-0.2, 0) is 4.79 Å². The van der Waals surface area contributed by atoms with Gasteiger partial charge in [0, 0.05) is 6.04 Å². The molecule has 3 heteroatoms. The topological polar surface area (TPSA) is 49.3 Å². The second-order valence-electron chi connectivity index (χ2n) is 4.24. The highest BCUT2D eigenvalue weighted by Crippen LogP contribution is 2.34. The van der Waals surface area contributed by atoms with Crippen LogP contribution in [0.3, 0.4) is 0 Å². The van der Waals surface area contributed by atoms with Crippen LogP contribution in [0.5, 0.6) is 0 Å². The molecule has 0 bridgehead atoms. The van der Waals surface area contributed by atoms with Gasteiger partial charge in [0.25, 0.3) is 0 Å². The zero-order chi connectivity index (χ0) is 9.26. The zero-order valence-corrected chi connectivity index (χ0v) is 7.83. The van der Waals surface area contributed by atoms with Crippen LogP contribution in [0.25, 0.3) is 0 Å². The van der Waals surface area contributed by atoms with Crippen molar-refractivity contribution in [1.29, 1.82) is 0 Å². The van der Waals surface area contributed by atoms with E-state index >= 15 is 0 Å². The van der Waals surface area contributed by atoms with E-state index in [0.717, 1.165) is 19.4 Å². The van der Waals surface area contributed by atoms with E-state index in [9.17, 15) is 4.79 Å². The molecule has 1 aliphatic heterocycles. The molecule has 2 N–H and O–H groups in total. The third-order valence-corrected chi connectivity index (χ3v) is 3.52. The second kappa shape index (κ2) is 3.66. The number of fused-ring (bicyclic) bond motifs is 1. The van der Waals surface area contributed by atoms with E-state index in [0.29, 0.717) is 12.0 Å². The maximum atomic E-state index is 11.0. The minimum Gasteiger partial charge on any atom is -0.481 e. The summed E-state index contributed by atoms with van der Waals surface area (Å²) in [6.07, 6.45) is 5.58. The zero-order valence-electron chi connectivity index (χ0n) is 7.83. The van der Waals surface area contributed by atoms with Gasteiger partial charge in [-0.15, -0.1) is 0 Å². The normalized spacial score (nSPS) is 39.5. The first-order valence-corrected chi connectivity index (χ1v) is 5.25. The Balaban J connectivity index is 2.06. The van der Waals surface area contributed by atoms with Crippen molar-refractivity contribution in [1.82, 2.24) is 5.32 Å². The molecule has 74 valence electrons. The van der Waals surface area contributed by atoms with E-state index in [4.69, 9.17) is 5.11 Å². The number of aliphatic carboxylic acids is 1. The Hall–Kier alpha value is -0.570. The van der Waals surface area contributed by atoms with Crippen LogP contribution >= 0.6 is 0 Å². The van der Waals surface area contributed by atoms with Crippen molar-refractivity contribution in [3.05, 3.63) is 0 Å². The van der Waals surface area contributed by atoms with Crippen LogP contribution < -0.4 is 5.32 Å². The smallest absolute Gasteiger partial charge is 0.306 e. The van der Waals surface area contributed by atoms with Gasteiger partial charge in [0.2, 0.25) is 0 Å². The van der Waals surface area contributed by atoms with Gasteiger partial charge in [-0.3, -0.25) is 4.79 Å². The van der Waals surface area contributed by atoms with Crippen molar-refractivity contribution in [3.8, 4) is 0 Å². The molecule has 0 aromatic heterocycles. The molecule has 3 nitrogen and oxygen atoms in total. The lowest BCUT2D eigenvalue weighted by Crippen LogP contribution is -2.49. The summed E-state index contributed by atoms with van der Waals surface area (Å²) >= 11 is 0. The molecule has 1 saturated carbocycles. The van der Waals surface area contributed by atoms with Crippen LogP contribution in [0.15, 0.2) is 0 Å². The minimum absolute atomic E-state index is 0.0773. The van der Waals surface area contributed by atoms with Gasteiger partial charge in [-0.1, -0.05) is 12.8 Å². The van der Waals surface area contributed by atoms with Gasteiger partial charge in [0.15, 0.2) is 0 Å². The third-order valence-electron chi connectivity index (χ3n) is 3.52. The van der Waals surface area contributed by atoms with Gasteiger partial charge >= 0.3 is 5.97 Å². The number of carboxylic acids is 1. The summed E-state index contributed by atoms with van der Waals surface area (Å²) in [5.41, 5.74) is 0. The highest BCUT2D eigenvalue weighted by molar-refractivity contribution is 5.70. The molecule has 3 atom stereocenters. The molecule has 0 aromatic rings. The first-order chi connectivity index (χ1) is 6.29. The molecule has 0 spiro atoms. The summed E-state index contributed by atoms with van der Waals surface area (Å²) < 4.78 is 0. The van der Waals surface area contributed by atoms with Gasteiger partial charge in [0.1, 0.15) is 0 Å². The maximum absolute atomic E-state index is 11.0. The lowest BCUT2D eigenvalue weighted by Gasteiger charge is -2.40. The Morgan fingerprint density at radius 2 is 2.00 bits per heavy atom.